The summed E-state index contributed by atoms with van der Waals surface area (Å²) in [6.07, 6.45) is 0.148. The second-order valence-electron chi connectivity index (χ2n) is 7.55. The Bertz CT molecular complexity index is 729. The van der Waals surface area contributed by atoms with Crippen LogP contribution >= 0.6 is 0 Å². The molecular weight excluding hydrogens is 390 g/mol. The third-order valence-corrected chi connectivity index (χ3v) is 5.62. The second-order valence-corrected chi connectivity index (χ2v) is 7.55. The zero-order valence-electron chi connectivity index (χ0n) is 18.1. The molecule has 1 aromatic rings. The first-order chi connectivity index (χ1) is 14.3. The number of ether oxygens (including phenoxy) is 2. The summed E-state index contributed by atoms with van der Waals surface area (Å²) in [7, 11) is 3.11. The first kappa shape index (κ1) is 23.8. The Morgan fingerprint density at radius 1 is 1.30 bits per heavy atom. The fourth-order valence-electron chi connectivity index (χ4n) is 3.45. The van der Waals surface area contributed by atoms with Crippen LogP contribution in [0.4, 0.5) is 4.79 Å². The number of aliphatic hydroxyl groups excluding tert-OH is 2. The van der Waals surface area contributed by atoms with Crippen LogP contribution in [0.5, 0.6) is 11.5 Å². The number of hydrogen-bond acceptors (Lipinski definition) is 6. The predicted molar refractivity (Wildman–Crippen MR) is 111 cm³/mol. The van der Waals surface area contributed by atoms with Gasteiger partial charge in [0.05, 0.1) is 39.3 Å². The molecule has 2 rings (SSSR count). The van der Waals surface area contributed by atoms with E-state index in [1.54, 1.807) is 20.3 Å². The number of hydrogen-bond donors (Lipinski definition) is 4. The van der Waals surface area contributed by atoms with E-state index in [0.717, 1.165) is 12.0 Å². The Morgan fingerprint density at radius 2 is 2.00 bits per heavy atom. The summed E-state index contributed by atoms with van der Waals surface area (Å²) >= 11 is 0. The van der Waals surface area contributed by atoms with Gasteiger partial charge in [-0.25, -0.2) is 4.79 Å². The van der Waals surface area contributed by atoms with E-state index in [1.165, 1.54) is 4.90 Å². The van der Waals surface area contributed by atoms with Gasteiger partial charge in [-0.2, -0.15) is 0 Å². The van der Waals surface area contributed by atoms with Crippen LogP contribution in [0.25, 0.3) is 0 Å². The second kappa shape index (κ2) is 11.0. The standard InChI is InChI=1S/C21H33N3O6/c1-5-13(2)16(12-25)22-19(26)11-15-20(27)24(21(28)23-15)9-8-14-6-7-17(29-3)18(10-14)30-4/h6-7,10,13,15-16,20,25,27H,5,8-9,11-12H2,1-4H3,(H,22,26)(H,23,28)/t13-,15-,16-,20+/m0/s1. The molecule has 0 unspecified atom stereocenters. The van der Waals surface area contributed by atoms with Crippen molar-refractivity contribution in [2.45, 2.75) is 51.4 Å². The van der Waals surface area contributed by atoms with Crippen molar-refractivity contribution in [3.8, 4) is 11.5 Å². The molecule has 1 heterocycles. The highest BCUT2D eigenvalue weighted by atomic mass is 16.5. The number of nitrogens with one attached hydrogen (secondary N) is 2. The minimum absolute atomic E-state index is 0.0628. The van der Waals surface area contributed by atoms with Gasteiger partial charge in [0.15, 0.2) is 17.7 Å². The predicted octanol–water partition coefficient (Wildman–Crippen LogP) is 0.872. The highest BCUT2D eigenvalue weighted by Gasteiger charge is 2.39. The third-order valence-electron chi connectivity index (χ3n) is 5.62. The monoisotopic (exact) mass is 423 g/mol. The summed E-state index contributed by atoms with van der Waals surface area (Å²) in [5, 5.41) is 25.5. The van der Waals surface area contributed by atoms with Gasteiger partial charge in [0.1, 0.15) is 0 Å². The maximum absolute atomic E-state index is 12.3. The van der Waals surface area contributed by atoms with E-state index in [2.05, 4.69) is 10.6 Å². The van der Waals surface area contributed by atoms with Crippen LogP contribution in [-0.4, -0.2) is 72.7 Å². The highest BCUT2D eigenvalue weighted by molar-refractivity contribution is 5.81. The molecule has 1 fully saturated rings. The molecular formula is C21H33N3O6. The molecule has 4 atom stereocenters. The number of aliphatic hydroxyl groups is 2. The maximum Gasteiger partial charge on any atom is 0.319 e. The van der Waals surface area contributed by atoms with Crippen LogP contribution in [0, 0.1) is 5.92 Å². The Labute approximate surface area is 177 Å². The van der Waals surface area contributed by atoms with Gasteiger partial charge in [-0.15, -0.1) is 0 Å². The average molecular weight is 424 g/mol. The molecule has 0 saturated carbocycles. The quantitative estimate of drug-likeness (QED) is 0.419. The Kier molecular flexibility index (Phi) is 8.73. The average Bonchev–Trinajstić information content (AvgIpc) is 3.01. The lowest BCUT2D eigenvalue weighted by Gasteiger charge is -2.24. The van der Waals surface area contributed by atoms with Gasteiger partial charge in [-0.05, 0) is 30.0 Å². The van der Waals surface area contributed by atoms with Gasteiger partial charge >= 0.3 is 6.03 Å². The molecule has 3 amide bonds. The van der Waals surface area contributed by atoms with Crippen molar-refractivity contribution in [2.24, 2.45) is 5.92 Å². The van der Waals surface area contributed by atoms with Crippen LogP contribution in [0.15, 0.2) is 18.2 Å². The number of carbonyl (C=O) groups is 2. The van der Waals surface area contributed by atoms with Crippen molar-refractivity contribution in [3.05, 3.63) is 23.8 Å². The van der Waals surface area contributed by atoms with Gasteiger partial charge in [-0.1, -0.05) is 26.3 Å². The summed E-state index contributed by atoms with van der Waals surface area (Å²) < 4.78 is 10.5. The highest BCUT2D eigenvalue weighted by Crippen LogP contribution is 2.28. The van der Waals surface area contributed by atoms with Crippen molar-refractivity contribution < 1.29 is 29.3 Å². The molecule has 0 bridgehead atoms. The number of amides is 3. The number of benzene rings is 1. The number of urea groups is 1. The van der Waals surface area contributed by atoms with E-state index >= 15 is 0 Å². The molecule has 0 radical (unpaired) electrons. The summed E-state index contributed by atoms with van der Waals surface area (Å²) in [6.45, 7) is 4.06. The van der Waals surface area contributed by atoms with Crippen LogP contribution in [0.3, 0.4) is 0 Å². The van der Waals surface area contributed by atoms with E-state index in [0.29, 0.717) is 17.9 Å². The molecule has 9 heteroatoms. The molecule has 4 N–H and O–H groups in total. The van der Waals surface area contributed by atoms with E-state index in [1.807, 2.05) is 26.0 Å². The number of methoxy groups -OCH3 is 2. The summed E-state index contributed by atoms with van der Waals surface area (Å²) in [6, 6.07) is 4.01. The van der Waals surface area contributed by atoms with Crippen LogP contribution in [0.1, 0.15) is 32.3 Å². The van der Waals surface area contributed by atoms with Crippen molar-refractivity contribution >= 4 is 11.9 Å². The molecule has 0 aliphatic carbocycles. The van der Waals surface area contributed by atoms with Gasteiger partial charge < -0.3 is 30.3 Å². The molecule has 1 aliphatic rings. The van der Waals surface area contributed by atoms with Crippen LogP contribution in [0.2, 0.25) is 0 Å². The number of rotatable bonds is 11. The van der Waals surface area contributed by atoms with Gasteiger partial charge in [0.25, 0.3) is 0 Å². The largest absolute Gasteiger partial charge is 0.493 e. The zero-order valence-corrected chi connectivity index (χ0v) is 18.1. The zero-order chi connectivity index (χ0) is 22.3. The first-order valence-electron chi connectivity index (χ1n) is 10.2. The van der Waals surface area contributed by atoms with Crippen LogP contribution < -0.4 is 20.1 Å². The van der Waals surface area contributed by atoms with Gasteiger partial charge in [0.2, 0.25) is 5.91 Å². The molecule has 168 valence electrons. The van der Waals surface area contributed by atoms with E-state index < -0.39 is 18.3 Å². The van der Waals surface area contributed by atoms with Gasteiger partial charge in [-0.3, -0.25) is 9.69 Å². The minimum Gasteiger partial charge on any atom is -0.493 e. The molecule has 1 aliphatic heterocycles. The molecule has 1 saturated heterocycles. The van der Waals surface area contributed by atoms with Crippen LogP contribution in [-0.2, 0) is 11.2 Å². The fourth-order valence-corrected chi connectivity index (χ4v) is 3.45. The summed E-state index contributed by atoms with van der Waals surface area (Å²) in [5.41, 5.74) is 0.924. The summed E-state index contributed by atoms with van der Waals surface area (Å²) in [5.74, 6) is 1.01. The number of carbonyl (C=O) groups excluding carboxylic acids is 2. The van der Waals surface area contributed by atoms with Crippen molar-refractivity contribution in [1.29, 1.82) is 0 Å². The van der Waals surface area contributed by atoms with E-state index in [9.17, 15) is 19.8 Å². The molecule has 9 nitrogen and oxygen atoms in total. The topological polar surface area (TPSA) is 120 Å². The van der Waals surface area contributed by atoms with Crippen molar-refractivity contribution in [2.75, 3.05) is 27.4 Å². The molecule has 0 aromatic heterocycles. The van der Waals surface area contributed by atoms with Crippen molar-refractivity contribution in [1.82, 2.24) is 15.5 Å². The lowest BCUT2D eigenvalue weighted by molar-refractivity contribution is -0.123. The number of nitrogens with zero attached hydrogens (tertiary/aromatic N) is 1. The first-order valence-corrected chi connectivity index (χ1v) is 10.2. The Morgan fingerprint density at radius 3 is 2.60 bits per heavy atom. The SMILES string of the molecule is CC[C@H](C)[C@H](CO)NC(=O)C[C@@H]1NC(=O)N(CCc2ccc(OC)c(OC)c2)[C@@H]1O. The lowest BCUT2D eigenvalue weighted by Crippen LogP contribution is -2.45. The van der Waals surface area contributed by atoms with Gasteiger partial charge in [0, 0.05) is 6.54 Å². The summed E-state index contributed by atoms with van der Waals surface area (Å²) in [4.78, 5) is 25.9. The Balaban J connectivity index is 1.93. The van der Waals surface area contributed by atoms with Crippen molar-refractivity contribution in [3.63, 3.8) is 0 Å². The fraction of sp³-hybridized carbons (Fsp3) is 0.619. The molecule has 1 aromatic carbocycles. The maximum atomic E-state index is 12.3. The van der Waals surface area contributed by atoms with E-state index in [-0.39, 0.29) is 37.4 Å². The smallest absolute Gasteiger partial charge is 0.319 e. The van der Waals surface area contributed by atoms with E-state index in [4.69, 9.17) is 9.47 Å². The lowest BCUT2D eigenvalue weighted by atomic mass is 9.99. The normalized spacial score (nSPS) is 20.5. The minimum atomic E-state index is -1.11. The molecule has 30 heavy (non-hydrogen) atoms. The third kappa shape index (κ3) is 5.76. The Hall–Kier alpha value is -2.52. The molecule has 0 spiro atoms.